The predicted molar refractivity (Wildman–Crippen MR) is 79.1 cm³/mol. The molecule has 0 bridgehead atoms. The minimum absolute atomic E-state index is 0.320. The van der Waals surface area contributed by atoms with Crippen LogP contribution in [-0.4, -0.2) is 11.6 Å². The van der Waals surface area contributed by atoms with Gasteiger partial charge in [-0.15, -0.1) is 11.8 Å². The number of nitrogens with zero attached hydrogens (tertiary/aromatic N) is 1. The second-order valence-corrected chi connectivity index (χ2v) is 5.34. The minimum atomic E-state index is 0.320. The van der Waals surface area contributed by atoms with Crippen molar-refractivity contribution in [3.05, 3.63) is 47.2 Å². The summed E-state index contributed by atoms with van der Waals surface area (Å²) in [7, 11) is 0. The SMILES string of the molecule is C=C/C=C1/NC(C)S/C(C)=C\CC=N/C1=C/C. The molecule has 0 radical (unpaired) electrons. The summed E-state index contributed by atoms with van der Waals surface area (Å²) in [5.41, 5.74) is 1.98. The molecule has 1 aliphatic heterocycles. The van der Waals surface area contributed by atoms with Gasteiger partial charge in [0.25, 0.3) is 0 Å². The van der Waals surface area contributed by atoms with Gasteiger partial charge in [0, 0.05) is 12.6 Å². The lowest BCUT2D eigenvalue weighted by Crippen LogP contribution is -2.23. The summed E-state index contributed by atoms with van der Waals surface area (Å²) in [6.45, 7) is 10.0. The Hall–Kier alpha value is -1.22. The van der Waals surface area contributed by atoms with Crippen LogP contribution < -0.4 is 5.32 Å². The van der Waals surface area contributed by atoms with Gasteiger partial charge in [0.05, 0.1) is 16.8 Å². The van der Waals surface area contributed by atoms with E-state index >= 15 is 0 Å². The van der Waals surface area contributed by atoms with Crippen LogP contribution in [0.5, 0.6) is 0 Å². The van der Waals surface area contributed by atoms with E-state index in [2.05, 4.69) is 36.8 Å². The van der Waals surface area contributed by atoms with Gasteiger partial charge in [0.15, 0.2) is 0 Å². The lowest BCUT2D eigenvalue weighted by molar-refractivity contribution is 0.806. The molecule has 3 heteroatoms. The highest BCUT2D eigenvalue weighted by Crippen LogP contribution is 2.23. The molecule has 0 fully saturated rings. The van der Waals surface area contributed by atoms with E-state index in [1.54, 1.807) is 6.08 Å². The summed E-state index contributed by atoms with van der Waals surface area (Å²) in [5, 5.41) is 3.77. The van der Waals surface area contributed by atoms with Crippen LogP contribution in [0.15, 0.2) is 52.2 Å². The number of aliphatic imine (C=N–C) groups is 1. The van der Waals surface area contributed by atoms with Crippen LogP contribution in [0, 0.1) is 0 Å². The van der Waals surface area contributed by atoms with Crippen LogP contribution in [0.4, 0.5) is 0 Å². The molecule has 1 rings (SSSR count). The number of thioether (sulfide) groups is 1. The van der Waals surface area contributed by atoms with Crippen LogP contribution in [0.25, 0.3) is 0 Å². The van der Waals surface area contributed by atoms with E-state index in [1.165, 1.54) is 4.91 Å². The van der Waals surface area contributed by atoms with Gasteiger partial charge in [-0.25, -0.2) is 0 Å². The van der Waals surface area contributed by atoms with Gasteiger partial charge in [0.2, 0.25) is 0 Å². The molecule has 1 heterocycles. The van der Waals surface area contributed by atoms with E-state index in [1.807, 2.05) is 37.1 Å². The third kappa shape index (κ3) is 4.65. The molecule has 1 atom stereocenters. The molecule has 92 valence electrons. The zero-order valence-corrected chi connectivity index (χ0v) is 11.6. The predicted octanol–water partition coefficient (Wildman–Crippen LogP) is 4.01. The summed E-state index contributed by atoms with van der Waals surface area (Å²) >= 11 is 1.83. The second-order valence-electron chi connectivity index (χ2n) is 3.76. The van der Waals surface area contributed by atoms with E-state index in [0.29, 0.717) is 5.37 Å². The molecule has 0 spiro atoms. The lowest BCUT2D eigenvalue weighted by atomic mass is 10.2. The average molecular weight is 248 g/mol. The fraction of sp³-hybridized carbons (Fsp3) is 0.357. The summed E-state index contributed by atoms with van der Waals surface area (Å²) in [6, 6.07) is 0. The third-order valence-corrected chi connectivity index (χ3v) is 3.31. The Morgan fingerprint density at radius 3 is 3.00 bits per heavy atom. The Labute approximate surface area is 108 Å². The van der Waals surface area contributed by atoms with Crippen molar-refractivity contribution in [3.8, 4) is 0 Å². The molecule has 0 aromatic heterocycles. The number of nitrogens with one attached hydrogen (secondary N) is 1. The van der Waals surface area contributed by atoms with Crippen molar-refractivity contribution in [2.24, 2.45) is 4.99 Å². The Bertz CT molecular complexity index is 389. The highest BCUT2D eigenvalue weighted by atomic mass is 32.2. The first-order chi connectivity index (χ1) is 8.17. The van der Waals surface area contributed by atoms with Gasteiger partial charge >= 0.3 is 0 Å². The molecule has 0 aromatic rings. The molecular formula is C14H20N2S. The summed E-state index contributed by atoms with van der Waals surface area (Å²) in [5.74, 6) is 0. The molecule has 2 nitrogen and oxygen atoms in total. The van der Waals surface area contributed by atoms with Crippen molar-refractivity contribution in [1.82, 2.24) is 5.32 Å². The first kappa shape index (κ1) is 13.8. The molecule has 17 heavy (non-hydrogen) atoms. The molecule has 1 N–H and O–H groups in total. The van der Waals surface area contributed by atoms with Crippen molar-refractivity contribution >= 4 is 18.0 Å². The number of hydrogen-bond acceptors (Lipinski definition) is 3. The lowest BCUT2D eigenvalue weighted by Gasteiger charge is -2.19. The van der Waals surface area contributed by atoms with Crippen LogP contribution in [-0.2, 0) is 0 Å². The molecular weight excluding hydrogens is 228 g/mol. The maximum Gasteiger partial charge on any atom is 0.0814 e. The standard InChI is InChI=1S/C14H20N2S/c1-5-8-14-13(6-2)15-10-7-9-11(3)17-12(4)16-14/h5-6,8-10,12,16H,1,7H2,2-4H3/b11-9-,13-6+,14-8+,15-10?. The molecule has 0 saturated carbocycles. The monoisotopic (exact) mass is 248 g/mol. The minimum Gasteiger partial charge on any atom is -0.372 e. The van der Waals surface area contributed by atoms with Gasteiger partial charge < -0.3 is 5.32 Å². The van der Waals surface area contributed by atoms with Gasteiger partial charge in [-0.3, -0.25) is 4.99 Å². The molecule has 1 aliphatic rings. The number of allylic oxidation sites excluding steroid dienone is 5. The highest BCUT2D eigenvalue weighted by molar-refractivity contribution is 8.03. The smallest absolute Gasteiger partial charge is 0.0814 e. The van der Waals surface area contributed by atoms with Crippen LogP contribution >= 0.6 is 11.8 Å². The number of hydrogen-bond donors (Lipinski definition) is 1. The first-order valence-electron chi connectivity index (χ1n) is 5.79. The Morgan fingerprint density at radius 1 is 1.59 bits per heavy atom. The quantitative estimate of drug-likeness (QED) is 0.758. The van der Waals surface area contributed by atoms with Crippen LogP contribution in [0.2, 0.25) is 0 Å². The summed E-state index contributed by atoms with van der Waals surface area (Å²) in [4.78, 5) is 5.79. The van der Waals surface area contributed by atoms with E-state index in [-0.39, 0.29) is 0 Å². The molecule has 1 unspecified atom stereocenters. The van der Waals surface area contributed by atoms with E-state index in [4.69, 9.17) is 0 Å². The summed E-state index contributed by atoms with van der Waals surface area (Å²) < 4.78 is 0. The van der Waals surface area contributed by atoms with Crippen molar-refractivity contribution in [2.75, 3.05) is 0 Å². The topological polar surface area (TPSA) is 24.4 Å². The fourth-order valence-electron chi connectivity index (χ4n) is 1.57. The molecule has 0 amide bonds. The molecule has 0 aliphatic carbocycles. The van der Waals surface area contributed by atoms with E-state index in [9.17, 15) is 0 Å². The number of rotatable bonds is 1. The Balaban J connectivity index is 3.02. The largest absolute Gasteiger partial charge is 0.372 e. The fourth-order valence-corrected chi connectivity index (χ4v) is 2.51. The second kappa shape index (κ2) is 7.17. The third-order valence-electron chi connectivity index (χ3n) is 2.30. The molecule has 0 aromatic carbocycles. The Kier molecular flexibility index (Phi) is 5.84. The van der Waals surface area contributed by atoms with Crippen molar-refractivity contribution < 1.29 is 0 Å². The van der Waals surface area contributed by atoms with Crippen molar-refractivity contribution in [1.29, 1.82) is 0 Å². The van der Waals surface area contributed by atoms with E-state index in [0.717, 1.165) is 17.8 Å². The summed E-state index contributed by atoms with van der Waals surface area (Å²) in [6.07, 6.45) is 10.8. The highest BCUT2D eigenvalue weighted by Gasteiger charge is 2.09. The van der Waals surface area contributed by atoms with Crippen molar-refractivity contribution in [3.63, 3.8) is 0 Å². The van der Waals surface area contributed by atoms with Gasteiger partial charge in [-0.1, -0.05) is 24.8 Å². The van der Waals surface area contributed by atoms with Gasteiger partial charge in [-0.2, -0.15) is 0 Å². The van der Waals surface area contributed by atoms with Gasteiger partial charge in [-0.05, 0) is 31.8 Å². The van der Waals surface area contributed by atoms with Crippen LogP contribution in [0.3, 0.4) is 0 Å². The first-order valence-corrected chi connectivity index (χ1v) is 6.67. The van der Waals surface area contributed by atoms with Gasteiger partial charge in [0.1, 0.15) is 0 Å². The van der Waals surface area contributed by atoms with E-state index < -0.39 is 0 Å². The zero-order valence-electron chi connectivity index (χ0n) is 10.7. The maximum atomic E-state index is 4.48. The normalized spacial score (nSPS) is 29.6. The van der Waals surface area contributed by atoms with Crippen molar-refractivity contribution in [2.45, 2.75) is 32.6 Å². The average Bonchev–Trinajstić information content (AvgIpc) is 2.28. The Morgan fingerprint density at radius 2 is 2.35 bits per heavy atom. The molecule has 0 saturated heterocycles. The maximum absolute atomic E-state index is 4.48. The zero-order chi connectivity index (χ0) is 12.7. The van der Waals surface area contributed by atoms with Crippen LogP contribution in [0.1, 0.15) is 27.2 Å².